The van der Waals surface area contributed by atoms with Gasteiger partial charge >= 0.3 is 6.18 Å². The molecule has 0 radical (unpaired) electrons. The molecule has 0 spiro atoms. The quantitative estimate of drug-likeness (QED) is 0.818. The zero-order valence-electron chi connectivity index (χ0n) is 14.0. The van der Waals surface area contributed by atoms with Crippen molar-refractivity contribution in [2.75, 3.05) is 19.6 Å². The highest BCUT2D eigenvalue weighted by molar-refractivity contribution is 5.97. The van der Waals surface area contributed by atoms with Gasteiger partial charge < -0.3 is 9.80 Å². The van der Waals surface area contributed by atoms with Crippen LogP contribution in [0, 0.1) is 0 Å². The Morgan fingerprint density at radius 2 is 1.85 bits per heavy atom. The highest BCUT2D eigenvalue weighted by Crippen LogP contribution is 2.27. The average molecular weight is 366 g/mol. The highest BCUT2D eigenvalue weighted by Gasteiger charge is 2.40. The first-order chi connectivity index (χ1) is 12.2. The van der Waals surface area contributed by atoms with Crippen molar-refractivity contribution in [3.05, 3.63) is 36.2 Å². The van der Waals surface area contributed by atoms with E-state index in [0.29, 0.717) is 11.0 Å². The van der Waals surface area contributed by atoms with Crippen LogP contribution < -0.4 is 0 Å². The van der Waals surface area contributed by atoms with Gasteiger partial charge in [0.2, 0.25) is 5.91 Å². The van der Waals surface area contributed by atoms with E-state index in [4.69, 9.17) is 0 Å². The summed E-state index contributed by atoms with van der Waals surface area (Å²) in [5.41, 5.74) is 1.34. The van der Waals surface area contributed by atoms with E-state index in [9.17, 15) is 22.8 Å². The largest absolute Gasteiger partial charge is 0.391 e. The van der Waals surface area contributed by atoms with Gasteiger partial charge in [0, 0.05) is 44.5 Å². The number of nitrogens with zero attached hydrogens (tertiary/aromatic N) is 4. The van der Waals surface area contributed by atoms with E-state index in [0.717, 1.165) is 0 Å². The smallest absolute Gasteiger partial charge is 0.339 e. The molecule has 0 N–H and O–H groups in total. The molecule has 1 aliphatic rings. The van der Waals surface area contributed by atoms with Gasteiger partial charge in [0.05, 0.1) is 23.5 Å². The number of amides is 2. The summed E-state index contributed by atoms with van der Waals surface area (Å²) < 4.78 is 38.9. The predicted molar refractivity (Wildman–Crippen MR) is 87.3 cm³/mol. The molecule has 3 rings (SSSR count). The molecule has 6 nitrogen and oxygen atoms in total. The number of carbonyl (C=O) groups excluding carboxylic acids is 2. The maximum Gasteiger partial charge on any atom is 0.391 e. The molecule has 1 unspecified atom stereocenters. The van der Waals surface area contributed by atoms with E-state index in [1.54, 1.807) is 6.07 Å². The minimum atomic E-state index is -4.43. The molecule has 26 heavy (non-hydrogen) atoms. The third-order valence-corrected chi connectivity index (χ3v) is 4.37. The molecule has 1 aromatic heterocycles. The highest BCUT2D eigenvalue weighted by atomic mass is 19.4. The second-order valence-corrected chi connectivity index (χ2v) is 6.20. The molecule has 2 aromatic rings. The minimum Gasteiger partial charge on any atom is -0.339 e. The lowest BCUT2D eigenvalue weighted by Crippen LogP contribution is -2.57. The van der Waals surface area contributed by atoms with E-state index in [2.05, 4.69) is 9.97 Å². The molecule has 1 aromatic carbocycles. The van der Waals surface area contributed by atoms with Gasteiger partial charge in [-0.25, -0.2) is 0 Å². The van der Waals surface area contributed by atoms with Crippen molar-refractivity contribution in [2.24, 2.45) is 0 Å². The summed E-state index contributed by atoms with van der Waals surface area (Å²) in [6.07, 6.45) is -2.59. The monoisotopic (exact) mass is 366 g/mol. The van der Waals surface area contributed by atoms with Gasteiger partial charge in [0.1, 0.15) is 0 Å². The van der Waals surface area contributed by atoms with Crippen LogP contribution in [-0.2, 0) is 4.79 Å². The number of piperazine rings is 1. The van der Waals surface area contributed by atoms with Crippen molar-refractivity contribution in [1.29, 1.82) is 0 Å². The second kappa shape index (κ2) is 6.89. The van der Waals surface area contributed by atoms with Crippen LogP contribution in [0.2, 0.25) is 0 Å². The van der Waals surface area contributed by atoms with Crippen molar-refractivity contribution >= 4 is 22.8 Å². The van der Waals surface area contributed by atoms with Crippen LogP contribution in [0.15, 0.2) is 30.6 Å². The Hall–Kier alpha value is -2.71. The zero-order valence-corrected chi connectivity index (χ0v) is 14.0. The molecule has 0 bridgehead atoms. The molecule has 138 valence electrons. The number of rotatable bonds is 2. The summed E-state index contributed by atoms with van der Waals surface area (Å²) >= 11 is 0. The van der Waals surface area contributed by atoms with Crippen molar-refractivity contribution in [2.45, 2.75) is 25.6 Å². The maximum absolute atomic E-state index is 13.0. The van der Waals surface area contributed by atoms with Gasteiger partial charge in [0.25, 0.3) is 5.91 Å². The Labute approximate surface area is 147 Å². The number of halogens is 3. The first kappa shape index (κ1) is 18.1. The molecule has 0 aliphatic carbocycles. The summed E-state index contributed by atoms with van der Waals surface area (Å²) in [5.74, 6) is -0.805. The molecule has 1 aliphatic heterocycles. The van der Waals surface area contributed by atoms with Crippen molar-refractivity contribution in [3.8, 4) is 0 Å². The molecule has 2 amide bonds. The standard InChI is InChI=1S/C17H17F3N4O2/c1-11(25)23-6-7-24(13(10-23)9-17(18,19)20)16(26)12-2-3-14-15(8-12)22-5-4-21-14/h2-5,8,13H,6-7,9-10H2,1H3. The van der Waals surface area contributed by atoms with Gasteiger partial charge in [-0.2, -0.15) is 13.2 Å². The van der Waals surface area contributed by atoms with Gasteiger partial charge in [0.15, 0.2) is 0 Å². The Morgan fingerprint density at radius 3 is 2.50 bits per heavy atom. The summed E-state index contributed by atoms with van der Waals surface area (Å²) in [6, 6.07) is 3.55. The number of alkyl halides is 3. The van der Waals surface area contributed by atoms with Crippen LogP contribution in [0.4, 0.5) is 13.2 Å². The first-order valence-electron chi connectivity index (χ1n) is 8.08. The van der Waals surface area contributed by atoms with Crippen LogP contribution >= 0.6 is 0 Å². The molecule has 2 heterocycles. The lowest BCUT2D eigenvalue weighted by atomic mass is 10.1. The van der Waals surface area contributed by atoms with Gasteiger partial charge in [-0.05, 0) is 18.2 Å². The van der Waals surface area contributed by atoms with Crippen molar-refractivity contribution in [3.63, 3.8) is 0 Å². The SMILES string of the molecule is CC(=O)N1CCN(C(=O)c2ccc3nccnc3c2)C(CC(F)(F)F)C1. The van der Waals surface area contributed by atoms with Gasteiger partial charge in [-0.3, -0.25) is 19.6 Å². The van der Waals surface area contributed by atoms with Gasteiger partial charge in [-0.1, -0.05) is 0 Å². The molecule has 1 saturated heterocycles. The molecule has 9 heteroatoms. The topological polar surface area (TPSA) is 66.4 Å². The number of aromatic nitrogens is 2. The fourth-order valence-corrected chi connectivity index (χ4v) is 3.11. The molecular weight excluding hydrogens is 349 g/mol. The van der Waals surface area contributed by atoms with Crippen molar-refractivity contribution in [1.82, 2.24) is 19.8 Å². The number of fused-ring (bicyclic) bond motifs is 1. The van der Waals surface area contributed by atoms with E-state index >= 15 is 0 Å². The third-order valence-electron chi connectivity index (χ3n) is 4.37. The normalized spacial score (nSPS) is 18.2. The van der Waals surface area contributed by atoms with Gasteiger partial charge in [-0.15, -0.1) is 0 Å². The summed E-state index contributed by atoms with van der Waals surface area (Å²) in [7, 11) is 0. The molecule has 0 saturated carbocycles. The number of carbonyl (C=O) groups is 2. The van der Waals surface area contributed by atoms with Crippen molar-refractivity contribution < 1.29 is 22.8 Å². The Balaban J connectivity index is 1.87. The van der Waals surface area contributed by atoms with Crippen LogP contribution in [0.1, 0.15) is 23.7 Å². The molecular formula is C17H17F3N4O2. The Morgan fingerprint density at radius 1 is 1.15 bits per heavy atom. The fraction of sp³-hybridized carbons (Fsp3) is 0.412. The fourth-order valence-electron chi connectivity index (χ4n) is 3.11. The molecule has 1 atom stereocenters. The maximum atomic E-state index is 13.0. The lowest BCUT2D eigenvalue weighted by Gasteiger charge is -2.41. The Bertz CT molecular complexity index is 840. The second-order valence-electron chi connectivity index (χ2n) is 6.20. The van der Waals surface area contributed by atoms with E-state index < -0.39 is 24.5 Å². The lowest BCUT2D eigenvalue weighted by molar-refractivity contribution is -0.153. The van der Waals surface area contributed by atoms with E-state index in [1.807, 2.05) is 0 Å². The van der Waals surface area contributed by atoms with Crippen LogP contribution in [-0.4, -0.2) is 63.4 Å². The number of hydrogen-bond acceptors (Lipinski definition) is 4. The van der Waals surface area contributed by atoms with Crippen LogP contribution in [0.25, 0.3) is 11.0 Å². The summed E-state index contributed by atoms with van der Waals surface area (Å²) in [4.78, 5) is 35.1. The zero-order chi connectivity index (χ0) is 18.9. The third kappa shape index (κ3) is 3.92. The predicted octanol–water partition coefficient (Wildman–Crippen LogP) is 2.26. The Kier molecular flexibility index (Phi) is 4.80. The number of hydrogen-bond donors (Lipinski definition) is 0. The van der Waals surface area contributed by atoms with Crippen LogP contribution in [0.3, 0.4) is 0 Å². The molecule has 1 fully saturated rings. The first-order valence-corrected chi connectivity index (χ1v) is 8.08. The average Bonchev–Trinajstić information content (AvgIpc) is 2.59. The summed E-state index contributed by atoms with van der Waals surface area (Å²) in [5, 5.41) is 0. The van der Waals surface area contributed by atoms with Crippen LogP contribution in [0.5, 0.6) is 0 Å². The van der Waals surface area contributed by atoms with E-state index in [1.165, 1.54) is 41.2 Å². The van der Waals surface area contributed by atoms with E-state index in [-0.39, 0.29) is 31.1 Å². The summed E-state index contributed by atoms with van der Waals surface area (Å²) in [6.45, 7) is 1.44. The minimum absolute atomic E-state index is 0.0532. The number of benzene rings is 1.